The number of esters is 2. The number of carbonyl (C=O) groups is 2. The summed E-state index contributed by atoms with van der Waals surface area (Å²) in [5.41, 5.74) is -2.70. The molecule has 3 aliphatic rings. The number of ether oxygens (including phenoxy) is 3. The molecule has 13 nitrogen and oxygen atoms in total. The molecule has 38 heavy (non-hydrogen) atoms. The molecule has 0 spiro atoms. The van der Waals surface area contributed by atoms with Crippen LogP contribution in [-0.2, 0) is 32.9 Å². The number of aliphatic hydroxyl groups is 1. The minimum Gasteiger partial charge on any atom is -0.465 e. The lowest BCUT2D eigenvalue weighted by atomic mass is 9.96. The Kier molecular flexibility index (Phi) is 10.1. The Morgan fingerprint density at radius 3 is 2.45 bits per heavy atom. The smallest absolute Gasteiger partial charge is 0.341 e. The van der Waals surface area contributed by atoms with Crippen LogP contribution in [0.2, 0.25) is 0 Å². The lowest BCUT2D eigenvalue weighted by molar-refractivity contribution is -0.142. The number of alkyl halides is 1. The van der Waals surface area contributed by atoms with Crippen LogP contribution in [0.15, 0.2) is 29.7 Å². The van der Waals surface area contributed by atoms with Gasteiger partial charge in [0.2, 0.25) is 5.67 Å². The minimum absolute atomic E-state index is 0.0924. The SMILES string of the molecule is C#C[C@]1(F)C(O)[C@@H](COP(=O)(NCC(=O)OCC)NCC(=O)OCC)O[C@H]1N1C=CC(=NC2CC2)NC1=C. The molecule has 210 valence electrons. The summed E-state index contributed by atoms with van der Waals surface area (Å²) < 4.78 is 49.9. The number of nitrogens with one attached hydrogen (secondary N) is 3. The Bertz CT molecular complexity index is 1030. The summed E-state index contributed by atoms with van der Waals surface area (Å²) in [5.74, 6) is 1.27. The quantitative estimate of drug-likeness (QED) is 0.140. The van der Waals surface area contributed by atoms with Crippen molar-refractivity contribution in [1.29, 1.82) is 0 Å². The molecule has 0 radical (unpaired) electrons. The molecule has 3 rings (SSSR count). The summed E-state index contributed by atoms with van der Waals surface area (Å²) >= 11 is 0. The second kappa shape index (κ2) is 12.8. The first-order valence-electron chi connectivity index (χ1n) is 12.1. The average molecular weight is 558 g/mol. The number of rotatable bonds is 13. The maximum absolute atomic E-state index is 15.9. The standard InChI is InChI=1S/C23H33FN5O8P/c1-5-23(24)21(32)17(37-22(23)29-11-10-18(27-15(29)4)28-16-8-9-16)14-36-38(33,25-12-19(30)34-6-2)26-13-20(31)35-7-3/h1,10-11,16-17,21-22,32H,4,6-9,12-14H2,2-3H3,(H,27,28)(H2,25,26,33)/t17-,21?,22-,23+/m1/s1. The van der Waals surface area contributed by atoms with E-state index in [9.17, 15) is 19.3 Å². The van der Waals surface area contributed by atoms with E-state index in [1.54, 1.807) is 19.9 Å². The predicted octanol–water partition coefficient (Wildman–Crippen LogP) is 0.295. The van der Waals surface area contributed by atoms with Gasteiger partial charge in [0.25, 0.3) is 0 Å². The van der Waals surface area contributed by atoms with Crippen LogP contribution in [0.1, 0.15) is 26.7 Å². The molecule has 0 aromatic heterocycles. The third-order valence-electron chi connectivity index (χ3n) is 5.66. The molecule has 2 fully saturated rings. The van der Waals surface area contributed by atoms with Gasteiger partial charge < -0.3 is 34.1 Å². The third-order valence-corrected chi connectivity index (χ3v) is 7.32. The molecule has 0 aromatic rings. The molecule has 4 atom stereocenters. The zero-order valence-electron chi connectivity index (χ0n) is 21.2. The molecule has 1 aliphatic carbocycles. The van der Waals surface area contributed by atoms with E-state index in [-0.39, 0.29) is 25.1 Å². The topological polar surface area (TPSA) is 160 Å². The van der Waals surface area contributed by atoms with Gasteiger partial charge in [-0.3, -0.25) is 19.1 Å². The van der Waals surface area contributed by atoms with E-state index in [1.807, 2.05) is 5.92 Å². The van der Waals surface area contributed by atoms with Gasteiger partial charge in [-0.25, -0.2) is 14.6 Å². The maximum Gasteiger partial charge on any atom is 0.341 e. The van der Waals surface area contributed by atoms with Crippen LogP contribution in [0.25, 0.3) is 0 Å². The van der Waals surface area contributed by atoms with Crippen molar-refractivity contribution in [2.24, 2.45) is 4.99 Å². The number of nitrogens with zero attached hydrogens (tertiary/aromatic N) is 2. The van der Waals surface area contributed by atoms with Crippen LogP contribution in [-0.4, -0.2) is 90.8 Å². The van der Waals surface area contributed by atoms with Gasteiger partial charge in [0, 0.05) is 6.20 Å². The van der Waals surface area contributed by atoms with Crippen LogP contribution < -0.4 is 15.5 Å². The van der Waals surface area contributed by atoms with E-state index in [0.29, 0.717) is 5.84 Å². The largest absolute Gasteiger partial charge is 0.465 e. The summed E-state index contributed by atoms with van der Waals surface area (Å²) in [6.07, 6.45) is 5.76. The van der Waals surface area contributed by atoms with Crippen molar-refractivity contribution in [3.05, 3.63) is 24.7 Å². The number of aliphatic imine (C=N–C) groups is 1. The van der Waals surface area contributed by atoms with E-state index in [2.05, 4.69) is 27.1 Å². The van der Waals surface area contributed by atoms with Crippen molar-refractivity contribution in [3.8, 4) is 12.3 Å². The molecule has 4 N–H and O–H groups in total. The third kappa shape index (κ3) is 7.41. The first-order chi connectivity index (χ1) is 18.0. The van der Waals surface area contributed by atoms with E-state index < -0.39 is 63.4 Å². The Morgan fingerprint density at radius 2 is 1.95 bits per heavy atom. The molecule has 1 saturated heterocycles. The molecule has 1 unspecified atom stereocenters. The second-order valence-electron chi connectivity index (χ2n) is 8.55. The highest BCUT2D eigenvalue weighted by atomic mass is 31.2. The number of carbonyl (C=O) groups excluding carboxylic acids is 2. The molecule has 0 bridgehead atoms. The Balaban J connectivity index is 1.70. The van der Waals surface area contributed by atoms with Gasteiger partial charge in [-0.15, -0.1) is 6.42 Å². The summed E-state index contributed by atoms with van der Waals surface area (Å²) in [6, 6.07) is 0.240. The molecule has 2 heterocycles. The number of hydrogen-bond acceptors (Lipinski definition) is 10. The van der Waals surface area contributed by atoms with E-state index in [1.165, 1.54) is 11.1 Å². The zero-order valence-corrected chi connectivity index (χ0v) is 22.1. The lowest BCUT2D eigenvalue weighted by Crippen LogP contribution is -2.52. The fourth-order valence-corrected chi connectivity index (χ4v) is 4.91. The predicted molar refractivity (Wildman–Crippen MR) is 134 cm³/mol. The van der Waals surface area contributed by atoms with Gasteiger partial charge in [-0.05, 0) is 32.8 Å². The number of aliphatic hydroxyl groups excluding tert-OH is 1. The van der Waals surface area contributed by atoms with Crippen LogP contribution in [0, 0.1) is 12.3 Å². The second-order valence-corrected chi connectivity index (χ2v) is 10.5. The van der Waals surface area contributed by atoms with Gasteiger partial charge in [0.05, 0.1) is 25.9 Å². The van der Waals surface area contributed by atoms with Crippen molar-refractivity contribution < 1.29 is 42.4 Å². The summed E-state index contributed by atoms with van der Waals surface area (Å²) in [4.78, 5) is 29.2. The van der Waals surface area contributed by atoms with Gasteiger partial charge in [0.15, 0.2) is 6.23 Å². The van der Waals surface area contributed by atoms with Gasteiger partial charge in [0.1, 0.15) is 37.0 Å². The monoisotopic (exact) mass is 557 g/mol. The van der Waals surface area contributed by atoms with Crippen molar-refractivity contribution in [3.63, 3.8) is 0 Å². The maximum atomic E-state index is 15.9. The zero-order chi connectivity index (χ0) is 27.9. The van der Waals surface area contributed by atoms with E-state index in [4.69, 9.17) is 25.2 Å². The van der Waals surface area contributed by atoms with Crippen molar-refractivity contribution in [1.82, 2.24) is 20.4 Å². The van der Waals surface area contributed by atoms with Gasteiger partial charge >= 0.3 is 19.6 Å². The normalized spacial score (nSPS) is 28.2. The van der Waals surface area contributed by atoms with Crippen LogP contribution in [0.5, 0.6) is 0 Å². The van der Waals surface area contributed by atoms with Crippen molar-refractivity contribution in [2.45, 2.75) is 56.8 Å². The molecular formula is C23H33FN5O8P. The molecular weight excluding hydrogens is 524 g/mol. The van der Waals surface area contributed by atoms with Gasteiger partial charge in [-0.2, -0.15) is 0 Å². The first-order valence-corrected chi connectivity index (χ1v) is 13.7. The molecule has 2 aliphatic heterocycles. The summed E-state index contributed by atoms with van der Waals surface area (Å²) in [7, 11) is -4.12. The highest BCUT2D eigenvalue weighted by Gasteiger charge is 2.59. The Hall–Kier alpha value is -2.79. The molecule has 0 aromatic carbocycles. The Labute approximate surface area is 220 Å². The van der Waals surface area contributed by atoms with Crippen LogP contribution in [0.4, 0.5) is 4.39 Å². The average Bonchev–Trinajstić information content (AvgIpc) is 3.66. The number of amidine groups is 1. The van der Waals surface area contributed by atoms with Crippen LogP contribution >= 0.6 is 7.67 Å². The number of hydrogen-bond donors (Lipinski definition) is 4. The minimum atomic E-state index is -4.12. The van der Waals surface area contributed by atoms with E-state index >= 15 is 4.39 Å². The molecule has 1 saturated carbocycles. The lowest BCUT2D eigenvalue weighted by Gasteiger charge is -2.36. The summed E-state index contributed by atoms with van der Waals surface area (Å²) in [5, 5.41) is 18.4. The first kappa shape index (κ1) is 29.8. The van der Waals surface area contributed by atoms with Crippen LogP contribution in [0.3, 0.4) is 0 Å². The molecule has 15 heteroatoms. The fraction of sp³-hybridized carbons (Fsp3) is 0.609. The molecule has 0 amide bonds. The number of terminal acetylenes is 1. The Morgan fingerprint density at radius 1 is 1.34 bits per heavy atom. The van der Waals surface area contributed by atoms with Crippen molar-refractivity contribution >= 4 is 25.4 Å². The van der Waals surface area contributed by atoms with E-state index in [0.717, 1.165) is 12.8 Å². The number of halogens is 1. The fourth-order valence-electron chi connectivity index (χ4n) is 3.59. The van der Waals surface area contributed by atoms with Gasteiger partial charge in [-0.1, -0.05) is 12.5 Å². The highest BCUT2D eigenvalue weighted by Crippen LogP contribution is 2.42. The highest BCUT2D eigenvalue weighted by molar-refractivity contribution is 7.54. The van der Waals surface area contributed by atoms with Crippen molar-refractivity contribution in [2.75, 3.05) is 32.9 Å². The summed E-state index contributed by atoms with van der Waals surface area (Å²) in [6.45, 7) is 5.57.